The Labute approximate surface area is 147 Å². The third kappa shape index (κ3) is 3.38. The van der Waals surface area contributed by atoms with Gasteiger partial charge in [0.25, 0.3) is 5.91 Å². The summed E-state index contributed by atoms with van der Waals surface area (Å²) in [6, 6.07) is 13.9. The van der Waals surface area contributed by atoms with Gasteiger partial charge < -0.3 is 9.80 Å². The molecule has 0 bridgehead atoms. The Morgan fingerprint density at radius 1 is 1.17 bits per heavy atom. The van der Waals surface area contributed by atoms with Crippen LogP contribution in [-0.4, -0.2) is 52.6 Å². The molecule has 5 nitrogen and oxygen atoms in total. The van der Waals surface area contributed by atoms with Gasteiger partial charge in [-0.1, -0.05) is 37.3 Å². The van der Waals surface area contributed by atoms with Crippen molar-refractivity contribution in [3.8, 4) is 0 Å². The third-order valence-corrected chi connectivity index (χ3v) is 5.42. The molecule has 2 atom stereocenters. The van der Waals surface area contributed by atoms with Crippen molar-refractivity contribution in [2.24, 2.45) is 0 Å². The van der Waals surface area contributed by atoms with E-state index < -0.39 is 0 Å². The number of thioether (sulfide) groups is 1. The summed E-state index contributed by atoms with van der Waals surface area (Å²) in [6.07, 6.45) is 0. The van der Waals surface area contributed by atoms with Gasteiger partial charge >= 0.3 is 0 Å². The summed E-state index contributed by atoms with van der Waals surface area (Å²) in [5.41, 5.74) is 1.57. The summed E-state index contributed by atoms with van der Waals surface area (Å²) in [7, 11) is 3.81. The van der Waals surface area contributed by atoms with Crippen molar-refractivity contribution >= 4 is 23.5 Å². The van der Waals surface area contributed by atoms with E-state index in [1.807, 2.05) is 59.9 Å². The van der Waals surface area contributed by atoms with Crippen molar-refractivity contribution in [3.63, 3.8) is 0 Å². The largest absolute Gasteiger partial charge is 0.361 e. The van der Waals surface area contributed by atoms with Crippen LogP contribution < -0.4 is 4.90 Å². The van der Waals surface area contributed by atoms with Crippen molar-refractivity contribution in [3.05, 3.63) is 53.7 Å². The van der Waals surface area contributed by atoms with Gasteiger partial charge in [-0.3, -0.25) is 4.79 Å². The number of rotatable bonds is 3. The van der Waals surface area contributed by atoms with Crippen LogP contribution >= 0.6 is 11.8 Å². The number of nitrogens with zero attached hydrogens (tertiary/aromatic N) is 4. The number of hydrogen-bond donors (Lipinski definition) is 0. The molecule has 126 valence electrons. The van der Waals surface area contributed by atoms with Gasteiger partial charge in [0.15, 0.2) is 11.5 Å². The Kier molecular flexibility index (Phi) is 5.04. The Balaban J connectivity index is 1.88. The second kappa shape index (κ2) is 7.21. The number of carbonyl (C=O) groups excluding carboxylic acids is 1. The van der Waals surface area contributed by atoms with E-state index in [-0.39, 0.29) is 11.9 Å². The number of aromatic nitrogens is 2. The maximum Gasteiger partial charge on any atom is 0.274 e. The van der Waals surface area contributed by atoms with E-state index in [1.165, 1.54) is 5.56 Å². The number of anilines is 1. The van der Waals surface area contributed by atoms with Gasteiger partial charge in [0.1, 0.15) is 0 Å². The molecule has 2 aromatic rings. The molecule has 0 aliphatic carbocycles. The topological polar surface area (TPSA) is 49.3 Å². The van der Waals surface area contributed by atoms with E-state index in [2.05, 4.69) is 29.3 Å². The highest BCUT2D eigenvalue weighted by molar-refractivity contribution is 8.00. The Hall–Kier alpha value is -2.08. The highest BCUT2D eigenvalue weighted by Crippen LogP contribution is 2.36. The van der Waals surface area contributed by atoms with Crippen molar-refractivity contribution in [2.45, 2.75) is 18.2 Å². The Morgan fingerprint density at radius 3 is 2.54 bits per heavy atom. The third-order valence-electron chi connectivity index (χ3n) is 4.22. The molecule has 1 aromatic carbocycles. The van der Waals surface area contributed by atoms with Gasteiger partial charge in [0.05, 0.1) is 6.04 Å². The van der Waals surface area contributed by atoms with Crippen LogP contribution in [0.4, 0.5) is 5.82 Å². The molecule has 3 rings (SSSR count). The van der Waals surface area contributed by atoms with Crippen LogP contribution in [0.1, 0.15) is 29.0 Å². The minimum absolute atomic E-state index is 0.0474. The van der Waals surface area contributed by atoms with E-state index in [0.717, 1.165) is 18.1 Å². The molecule has 0 radical (unpaired) electrons. The van der Waals surface area contributed by atoms with Crippen molar-refractivity contribution in [2.75, 3.05) is 31.3 Å². The summed E-state index contributed by atoms with van der Waals surface area (Å²) in [5, 5.41) is 8.62. The maximum atomic E-state index is 13.0. The minimum atomic E-state index is -0.0474. The molecule has 1 aliphatic heterocycles. The smallest absolute Gasteiger partial charge is 0.274 e. The van der Waals surface area contributed by atoms with E-state index >= 15 is 0 Å². The molecular weight excluding hydrogens is 320 g/mol. The molecule has 0 spiro atoms. The average molecular weight is 342 g/mol. The quantitative estimate of drug-likeness (QED) is 0.858. The van der Waals surface area contributed by atoms with Gasteiger partial charge in [0, 0.05) is 31.6 Å². The lowest BCUT2D eigenvalue weighted by Crippen LogP contribution is -2.44. The first-order chi connectivity index (χ1) is 11.6. The molecular formula is C18H22N4OS. The van der Waals surface area contributed by atoms with Gasteiger partial charge in [-0.2, -0.15) is 11.8 Å². The second-order valence-electron chi connectivity index (χ2n) is 6.10. The number of hydrogen-bond acceptors (Lipinski definition) is 5. The lowest BCUT2D eigenvalue weighted by Gasteiger charge is -2.39. The fraction of sp³-hybridized carbons (Fsp3) is 0.389. The molecule has 6 heteroatoms. The first kappa shape index (κ1) is 16.8. The van der Waals surface area contributed by atoms with Crippen LogP contribution in [0.15, 0.2) is 42.5 Å². The fourth-order valence-corrected chi connectivity index (χ4v) is 4.13. The highest BCUT2D eigenvalue weighted by Gasteiger charge is 2.34. The van der Waals surface area contributed by atoms with Crippen LogP contribution in [0.3, 0.4) is 0 Å². The summed E-state index contributed by atoms with van der Waals surface area (Å²) >= 11 is 1.91. The lowest BCUT2D eigenvalue weighted by atomic mass is 10.0. The lowest BCUT2D eigenvalue weighted by molar-refractivity contribution is 0.0673. The predicted molar refractivity (Wildman–Crippen MR) is 98.5 cm³/mol. The zero-order valence-corrected chi connectivity index (χ0v) is 15.0. The summed E-state index contributed by atoms with van der Waals surface area (Å²) in [4.78, 5) is 16.8. The van der Waals surface area contributed by atoms with E-state index in [1.54, 1.807) is 6.07 Å². The van der Waals surface area contributed by atoms with Crippen LogP contribution in [-0.2, 0) is 0 Å². The zero-order chi connectivity index (χ0) is 17.1. The molecule has 1 aliphatic rings. The average Bonchev–Trinajstić information content (AvgIpc) is 2.61. The SMILES string of the molecule is C[C@@H]1SCCN(C(=O)c2ccc(N(C)C)nn2)[C@H]1c1ccccc1. The molecule has 0 N–H and O–H groups in total. The molecule has 0 unspecified atom stereocenters. The molecule has 1 aromatic heterocycles. The Bertz CT molecular complexity index is 690. The molecule has 1 amide bonds. The van der Waals surface area contributed by atoms with Gasteiger partial charge in [-0.05, 0) is 17.7 Å². The van der Waals surface area contributed by atoms with Crippen LogP contribution in [0.25, 0.3) is 0 Å². The van der Waals surface area contributed by atoms with Gasteiger partial charge in [0.2, 0.25) is 0 Å². The maximum absolute atomic E-state index is 13.0. The predicted octanol–water partition coefficient (Wildman–Crippen LogP) is 2.86. The first-order valence-electron chi connectivity index (χ1n) is 8.06. The molecule has 2 heterocycles. The van der Waals surface area contributed by atoms with Crippen molar-refractivity contribution in [1.29, 1.82) is 0 Å². The highest BCUT2D eigenvalue weighted by atomic mass is 32.2. The monoisotopic (exact) mass is 342 g/mol. The van der Waals surface area contributed by atoms with Crippen molar-refractivity contribution < 1.29 is 4.79 Å². The van der Waals surface area contributed by atoms with E-state index in [9.17, 15) is 4.79 Å². The van der Waals surface area contributed by atoms with Gasteiger partial charge in [-0.15, -0.1) is 10.2 Å². The Morgan fingerprint density at radius 2 is 1.92 bits per heavy atom. The summed E-state index contributed by atoms with van der Waals surface area (Å²) < 4.78 is 0. The second-order valence-corrected chi connectivity index (χ2v) is 7.59. The molecule has 0 saturated carbocycles. The fourth-order valence-electron chi connectivity index (χ4n) is 2.97. The van der Waals surface area contributed by atoms with Crippen LogP contribution in [0.5, 0.6) is 0 Å². The van der Waals surface area contributed by atoms with Crippen LogP contribution in [0, 0.1) is 0 Å². The zero-order valence-electron chi connectivity index (χ0n) is 14.2. The van der Waals surface area contributed by atoms with Crippen molar-refractivity contribution in [1.82, 2.24) is 15.1 Å². The van der Waals surface area contributed by atoms with E-state index in [0.29, 0.717) is 10.9 Å². The van der Waals surface area contributed by atoms with Crippen LogP contribution in [0.2, 0.25) is 0 Å². The number of carbonyl (C=O) groups is 1. The minimum Gasteiger partial charge on any atom is -0.361 e. The van der Waals surface area contributed by atoms with Gasteiger partial charge in [-0.25, -0.2) is 0 Å². The standard InChI is InChI=1S/C18H22N4OS/c1-13-17(14-7-5-4-6-8-14)22(11-12-24-13)18(23)15-9-10-16(20-19-15)21(2)3/h4-10,13,17H,11-12H2,1-3H3/t13-,17+/m0/s1. The number of amides is 1. The van der Waals surface area contributed by atoms with E-state index in [4.69, 9.17) is 0 Å². The molecule has 1 fully saturated rings. The first-order valence-corrected chi connectivity index (χ1v) is 9.11. The summed E-state index contributed by atoms with van der Waals surface area (Å²) in [6.45, 7) is 2.91. The molecule has 24 heavy (non-hydrogen) atoms. The summed E-state index contributed by atoms with van der Waals surface area (Å²) in [5.74, 6) is 1.64. The normalized spacial score (nSPS) is 20.7. The molecule has 1 saturated heterocycles. The number of benzene rings is 1.